The van der Waals surface area contributed by atoms with Crippen molar-refractivity contribution in [3.63, 3.8) is 0 Å². The van der Waals surface area contributed by atoms with Gasteiger partial charge in [-0.1, -0.05) is 88.2 Å². The molecule has 0 saturated heterocycles. The molecule has 3 rings (SSSR count). The van der Waals surface area contributed by atoms with Crippen molar-refractivity contribution in [3.8, 4) is 11.1 Å². The first kappa shape index (κ1) is 31.8. The van der Waals surface area contributed by atoms with Crippen molar-refractivity contribution in [2.45, 2.75) is 75.0 Å². The van der Waals surface area contributed by atoms with Gasteiger partial charge in [-0.2, -0.15) is 0 Å². The number of rotatable bonds is 6. The molecule has 3 aromatic carbocycles. The smallest absolute Gasteiger partial charge is 0.335 e. The Morgan fingerprint density at radius 2 is 1.43 bits per heavy atom. The predicted octanol–water partition coefficient (Wildman–Crippen LogP) is 9.33. The van der Waals surface area contributed by atoms with Crippen molar-refractivity contribution < 1.29 is 14.6 Å². The van der Waals surface area contributed by atoms with Gasteiger partial charge in [-0.25, -0.2) is 4.79 Å². The second kappa shape index (κ2) is 18.2. The van der Waals surface area contributed by atoms with Gasteiger partial charge in [0.1, 0.15) is 0 Å². The van der Waals surface area contributed by atoms with Gasteiger partial charge < -0.3 is 9.84 Å². The number of carboxylic acids is 1. The number of aryl methyl sites for hydroxylation is 3. The maximum atomic E-state index is 11.2. The van der Waals surface area contributed by atoms with Crippen molar-refractivity contribution in [3.05, 3.63) is 107 Å². The molecule has 0 spiro atoms. The molecule has 0 heterocycles. The molecule has 0 radical (unpaired) electrons. The zero-order valence-electron chi connectivity index (χ0n) is 22.9. The number of ether oxygens (including phenoxy) is 1. The second-order valence-electron chi connectivity index (χ2n) is 8.07. The van der Waals surface area contributed by atoms with Crippen molar-refractivity contribution in [2.75, 3.05) is 0 Å². The molecule has 0 fully saturated rings. The molecule has 0 saturated carbocycles. The van der Waals surface area contributed by atoms with E-state index in [2.05, 4.69) is 71.5 Å². The van der Waals surface area contributed by atoms with Crippen LogP contribution >= 0.6 is 0 Å². The number of carboxylic acid groups (broad SMARTS) is 1. The lowest BCUT2D eigenvalue weighted by Crippen LogP contribution is -1.99. The molecule has 190 valence electrons. The molecule has 0 aliphatic rings. The third-order valence-electron chi connectivity index (χ3n) is 4.81. The number of hydrogen-bond donors (Lipinski definition) is 1. The van der Waals surface area contributed by atoms with Crippen LogP contribution in [0.4, 0.5) is 0 Å². The summed E-state index contributed by atoms with van der Waals surface area (Å²) in [4.78, 5) is 11.2. The van der Waals surface area contributed by atoms with Crippen molar-refractivity contribution in [1.29, 1.82) is 0 Å². The molecular weight excluding hydrogens is 432 g/mol. The topological polar surface area (TPSA) is 46.5 Å². The summed E-state index contributed by atoms with van der Waals surface area (Å²) in [6, 6.07) is 19.5. The molecule has 0 aliphatic heterocycles. The van der Waals surface area contributed by atoms with E-state index in [0.717, 1.165) is 22.3 Å². The Morgan fingerprint density at radius 1 is 0.857 bits per heavy atom. The molecule has 3 heteroatoms. The molecule has 0 aliphatic carbocycles. The number of benzene rings is 3. The Kier molecular flexibility index (Phi) is 16.5. The Labute approximate surface area is 213 Å². The monoisotopic (exact) mass is 476 g/mol. The normalized spacial score (nSPS) is 9.37. The van der Waals surface area contributed by atoms with Crippen LogP contribution in [0, 0.1) is 20.8 Å². The molecule has 3 aromatic rings. The summed E-state index contributed by atoms with van der Waals surface area (Å²) >= 11 is 0. The first-order chi connectivity index (χ1) is 16.8. The number of hydrogen-bond acceptors (Lipinski definition) is 2. The first-order valence-corrected chi connectivity index (χ1v) is 12.4. The maximum absolute atomic E-state index is 11.2. The zero-order chi connectivity index (χ0) is 26.8. The van der Waals surface area contributed by atoms with E-state index in [9.17, 15) is 9.90 Å². The lowest BCUT2D eigenvalue weighted by Gasteiger charge is -2.12. The average molecular weight is 477 g/mol. The van der Waals surface area contributed by atoms with E-state index in [-0.39, 0.29) is 0 Å². The van der Waals surface area contributed by atoms with Gasteiger partial charge in [-0.3, -0.25) is 0 Å². The fourth-order valence-electron chi connectivity index (χ4n) is 3.12. The summed E-state index contributed by atoms with van der Waals surface area (Å²) in [7, 11) is 0. The minimum absolute atomic E-state index is 0.292. The van der Waals surface area contributed by atoms with E-state index in [1.54, 1.807) is 24.3 Å². The molecule has 0 atom stereocenters. The van der Waals surface area contributed by atoms with E-state index in [4.69, 9.17) is 4.74 Å². The first-order valence-electron chi connectivity index (χ1n) is 12.4. The Balaban J connectivity index is 0.00000129. The molecule has 0 bridgehead atoms. The third kappa shape index (κ3) is 11.7. The van der Waals surface area contributed by atoms with E-state index >= 15 is 0 Å². The van der Waals surface area contributed by atoms with E-state index < -0.39 is 5.97 Å². The van der Waals surface area contributed by atoms with Crippen molar-refractivity contribution in [2.24, 2.45) is 0 Å². The molecule has 35 heavy (non-hydrogen) atoms. The highest BCUT2D eigenvalue weighted by molar-refractivity contribution is 5.89. The Bertz CT molecular complexity index is 1030. The van der Waals surface area contributed by atoms with E-state index in [1.165, 1.54) is 23.1 Å². The Hall–Kier alpha value is -3.17. The zero-order valence-corrected chi connectivity index (χ0v) is 22.9. The molecule has 0 aromatic heterocycles. The van der Waals surface area contributed by atoms with Gasteiger partial charge in [0, 0.05) is 0 Å². The predicted molar refractivity (Wildman–Crippen MR) is 151 cm³/mol. The number of carbonyl (C=O) groups is 1. The minimum atomic E-state index is -0.916. The second-order valence-corrected chi connectivity index (χ2v) is 8.07. The highest BCUT2D eigenvalue weighted by Gasteiger charge is 2.07. The van der Waals surface area contributed by atoms with Gasteiger partial charge in [0.05, 0.1) is 18.8 Å². The summed E-state index contributed by atoms with van der Waals surface area (Å²) in [5, 5.41) is 9.20. The van der Waals surface area contributed by atoms with Gasteiger partial charge >= 0.3 is 5.97 Å². The van der Waals surface area contributed by atoms with Gasteiger partial charge in [-0.15, -0.1) is 6.58 Å². The summed E-state index contributed by atoms with van der Waals surface area (Å²) in [6.07, 6.45) is 3.00. The molecular formula is C32H44O3. The molecule has 3 nitrogen and oxygen atoms in total. The van der Waals surface area contributed by atoms with E-state index in [0.29, 0.717) is 18.8 Å². The van der Waals surface area contributed by atoms with Crippen molar-refractivity contribution >= 4 is 5.97 Å². The van der Waals surface area contributed by atoms with Crippen LogP contribution in [0.3, 0.4) is 0 Å². The number of aromatic carboxylic acids is 1. The van der Waals surface area contributed by atoms with Crippen LogP contribution in [0.2, 0.25) is 0 Å². The summed E-state index contributed by atoms with van der Waals surface area (Å²) in [5.74, 6) is -0.916. The van der Waals surface area contributed by atoms with Crippen LogP contribution in [-0.2, 0) is 18.0 Å². The summed E-state index contributed by atoms with van der Waals surface area (Å²) in [6.45, 7) is 20.8. The van der Waals surface area contributed by atoms with Crippen LogP contribution in [-0.4, -0.2) is 11.1 Å². The van der Waals surface area contributed by atoms with Crippen LogP contribution in [0.1, 0.15) is 79.2 Å². The standard InChI is InChI=1S/C24H24O3.C3H8.C3H6.C2H6/c1-16-7-9-22(18(3)11-16)14-27-15-23-13-20(10-8-17(23)2)19-5-4-6-21(12-19)24(25)26;2*1-3-2;1-2/h4-13H,14-15H2,1-3H3,(H,25,26);3H2,1-2H3;3H,1H2,2H3;1-2H3. The highest BCUT2D eigenvalue weighted by Crippen LogP contribution is 2.24. The Morgan fingerprint density at radius 3 is 2.00 bits per heavy atom. The van der Waals surface area contributed by atoms with Crippen LogP contribution in [0.5, 0.6) is 0 Å². The fraction of sp³-hybridized carbons (Fsp3) is 0.344. The molecule has 0 unspecified atom stereocenters. The quantitative estimate of drug-likeness (QED) is 0.360. The van der Waals surface area contributed by atoms with Gasteiger partial charge in [0.2, 0.25) is 0 Å². The van der Waals surface area contributed by atoms with Crippen LogP contribution in [0.15, 0.2) is 73.3 Å². The highest BCUT2D eigenvalue weighted by atomic mass is 16.5. The minimum Gasteiger partial charge on any atom is -0.478 e. The van der Waals surface area contributed by atoms with Gasteiger partial charge in [0.15, 0.2) is 0 Å². The number of allylic oxidation sites excluding steroid dienone is 1. The average Bonchev–Trinajstić information content (AvgIpc) is 2.84. The van der Waals surface area contributed by atoms with Gasteiger partial charge in [0.25, 0.3) is 0 Å². The van der Waals surface area contributed by atoms with E-state index in [1.807, 2.05) is 32.9 Å². The fourth-order valence-corrected chi connectivity index (χ4v) is 3.12. The lowest BCUT2D eigenvalue weighted by atomic mass is 9.98. The summed E-state index contributed by atoms with van der Waals surface area (Å²) < 4.78 is 5.97. The third-order valence-corrected chi connectivity index (χ3v) is 4.81. The molecule has 1 N–H and O–H groups in total. The lowest BCUT2D eigenvalue weighted by molar-refractivity contribution is 0.0697. The maximum Gasteiger partial charge on any atom is 0.335 e. The largest absolute Gasteiger partial charge is 0.478 e. The van der Waals surface area contributed by atoms with Crippen LogP contribution < -0.4 is 0 Å². The SMILES string of the molecule is C=CC.CC.CCC.Cc1ccc(COCc2cc(-c3cccc(C(=O)O)c3)ccc2C)c(C)c1. The molecule has 0 amide bonds. The summed E-state index contributed by atoms with van der Waals surface area (Å²) in [5.41, 5.74) is 8.14. The van der Waals surface area contributed by atoms with Crippen LogP contribution in [0.25, 0.3) is 11.1 Å². The van der Waals surface area contributed by atoms with Crippen molar-refractivity contribution in [1.82, 2.24) is 0 Å². The van der Waals surface area contributed by atoms with Gasteiger partial charge in [-0.05, 0) is 79.3 Å².